The summed E-state index contributed by atoms with van der Waals surface area (Å²) in [6, 6.07) is 5.14. The van der Waals surface area contributed by atoms with Crippen molar-refractivity contribution in [3.05, 3.63) is 40.7 Å². The highest BCUT2D eigenvalue weighted by Gasteiger charge is 2.37. The number of nitro groups is 1. The molecule has 1 aromatic carbocycles. The largest absolute Gasteiger partial charge is 0.379 e. The van der Waals surface area contributed by atoms with Crippen LogP contribution in [0.25, 0.3) is 10.8 Å². The van der Waals surface area contributed by atoms with Gasteiger partial charge < -0.3 is 5.32 Å². The fourth-order valence-electron chi connectivity index (χ4n) is 2.08. The Balaban J connectivity index is 2.16. The number of nitrogens with zero attached hydrogens (tertiary/aromatic N) is 2. The van der Waals surface area contributed by atoms with Crippen molar-refractivity contribution in [2.45, 2.75) is 25.3 Å². The molecule has 1 saturated carbocycles. The van der Waals surface area contributed by atoms with Gasteiger partial charge in [0.25, 0.3) is 5.69 Å². The van der Waals surface area contributed by atoms with Gasteiger partial charge in [-0.15, -0.1) is 0 Å². The lowest BCUT2D eigenvalue weighted by molar-refractivity contribution is -0.383. The molecule has 0 unspecified atom stereocenters. The lowest BCUT2D eigenvalue weighted by Crippen LogP contribution is -2.16. The number of hydrogen-bond donors (Lipinski definition) is 1. The molecule has 1 N–H and O–H groups in total. The van der Waals surface area contributed by atoms with Crippen molar-refractivity contribution in [1.29, 1.82) is 0 Å². The summed E-state index contributed by atoms with van der Waals surface area (Å²) < 4.78 is 0. The van der Waals surface area contributed by atoms with E-state index in [1.807, 2.05) is 6.07 Å². The molecule has 92 valence electrons. The number of pyridine rings is 1. The highest BCUT2D eigenvalue weighted by atomic mass is 16.6. The lowest BCUT2D eigenvalue weighted by atomic mass is 10.1. The quantitative estimate of drug-likeness (QED) is 0.664. The monoisotopic (exact) mass is 243 g/mol. The molecule has 1 aliphatic carbocycles. The first-order valence-electron chi connectivity index (χ1n) is 5.88. The molecule has 1 aromatic heterocycles. The summed E-state index contributed by atoms with van der Waals surface area (Å²) in [5.41, 5.74) is 1.19. The Labute approximate surface area is 104 Å². The average molecular weight is 243 g/mol. The number of aromatic nitrogens is 1. The minimum absolute atomic E-state index is 0.101. The average Bonchev–Trinajstić information content (AvgIpc) is 3.07. The van der Waals surface area contributed by atoms with Gasteiger partial charge >= 0.3 is 0 Å². The van der Waals surface area contributed by atoms with E-state index < -0.39 is 0 Å². The van der Waals surface area contributed by atoms with Crippen LogP contribution in [-0.2, 0) is 0 Å². The van der Waals surface area contributed by atoms with E-state index in [9.17, 15) is 10.1 Å². The molecule has 5 heteroatoms. The number of fused-ring (bicyclic) bond motifs is 1. The number of benzene rings is 1. The molecule has 1 heterocycles. The highest BCUT2D eigenvalue weighted by molar-refractivity contribution is 5.99. The molecular weight excluding hydrogens is 230 g/mol. The summed E-state index contributed by atoms with van der Waals surface area (Å²) in [7, 11) is 0. The van der Waals surface area contributed by atoms with Gasteiger partial charge in [-0.25, -0.2) is 0 Å². The van der Waals surface area contributed by atoms with Crippen LogP contribution in [0.4, 0.5) is 11.4 Å². The fraction of sp³-hybridized carbons (Fsp3) is 0.308. The zero-order valence-corrected chi connectivity index (χ0v) is 10.0. The maximum atomic E-state index is 11.0. The molecular formula is C13H13N3O2. The van der Waals surface area contributed by atoms with Gasteiger partial charge in [-0.1, -0.05) is 0 Å². The van der Waals surface area contributed by atoms with E-state index in [0.717, 1.165) is 23.9 Å². The Bertz CT molecular complexity index is 635. The second kappa shape index (κ2) is 3.66. The smallest absolute Gasteiger partial charge is 0.278 e. The predicted octanol–water partition coefficient (Wildman–Crippen LogP) is 3.11. The predicted molar refractivity (Wildman–Crippen MR) is 69.7 cm³/mol. The second-order valence-corrected chi connectivity index (χ2v) is 5.00. The Morgan fingerprint density at radius 3 is 2.78 bits per heavy atom. The third kappa shape index (κ3) is 1.77. The first kappa shape index (κ1) is 11.0. The van der Waals surface area contributed by atoms with Gasteiger partial charge in [0.2, 0.25) is 0 Å². The standard InChI is InChI=1S/C13H13N3O2/c1-13(5-6-13)15-11-2-3-12(16(17)18)10-8-14-7-4-9(10)11/h2-4,7-8,15H,5-6H2,1H3. The van der Waals surface area contributed by atoms with Gasteiger partial charge in [0.1, 0.15) is 0 Å². The van der Waals surface area contributed by atoms with Crippen molar-refractivity contribution in [2.75, 3.05) is 5.32 Å². The minimum atomic E-state index is -0.368. The van der Waals surface area contributed by atoms with E-state index in [1.165, 1.54) is 6.07 Å². The van der Waals surface area contributed by atoms with Crippen LogP contribution in [0.1, 0.15) is 19.8 Å². The van der Waals surface area contributed by atoms with Gasteiger partial charge in [-0.2, -0.15) is 0 Å². The summed E-state index contributed by atoms with van der Waals surface area (Å²) >= 11 is 0. The first-order valence-corrected chi connectivity index (χ1v) is 5.88. The highest BCUT2D eigenvalue weighted by Crippen LogP contribution is 2.40. The molecule has 2 aromatic rings. The molecule has 0 aliphatic heterocycles. The molecule has 0 amide bonds. The third-order valence-corrected chi connectivity index (χ3v) is 3.43. The van der Waals surface area contributed by atoms with Crippen LogP contribution in [0.15, 0.2) is 30.6 Å². The van der Waals surface area contributed by atoms with E-state index in [-0.39, 0.29) is 16.1 Å². The van der Waals surface area contributed by atoms with E-state index in [2.05, 4.69) is 17.2 Å². The summed E-state index contributed by atoms with van der Waals surface area (Å²) in [6.07, 6.45) is 5.48. The number of nitro benzene ring substituents is 1. The maximum absolute atomic E-state index is 11.0. The maximum Gasteiger partial charge on any atom is 0.278 e. The number of anilines is 1. The van der Waals surface area contributed by atoms with Crippen molar-refractivity contribution in [3.8, 4) is 0 Å². The summed E-state index contributed by atoms with van der Waals surface area (Å²) in [4.78, 5) is 14.6. The molecule has 0 bridgehead atoms. The molecule has 0 radical (unpaired) electrons. The van der Waals surface area contributed by atoms with Crippen molar-refractivity contribution < 1.29 is 4.92 Å². The summed E-state index contributed by atoms with van der Waals surface area (Å²) in [5, 5.41) is 15.9. The SMILES string of the molecule is CC1(Nc2ccc([N+](=O)[O-])c3cnccc23)CC1. The van der Waals surface area contributed by atoms with Crippen LogP contribution in [0.5, 0.6) is 0 Å². The Hall–Kier alpha value is -2.17. The number of non-ortho nitro benzene ring substituents is 1. The van der Waals surface area contributed by atoms with E-state index in [1.54, 1.807) is 18.5 Å². The van der Waals surface area contributed by atoms with Gasteiger partial charge in [-0.05, 0) is 31.9 Å². The number of nitrogens with one attached hydrogen (secondary N) is 1. The van der Waals surface area contributed by atoms with Gasteiger partial charge in [0.15, 0.2) is 0 Å². The Kier molecular flexibility index (Phi) is 2.23. The molecule has 1 aliphatic rings. The van der Waals surface area contributed by atoms with Crippen molar-refractivity contribution in [2.24, 2.45) is 0 Å². The molecule has 5 nitrogen and oxygen atoms in total. The van der Waals surface area contributed by atoms with Crippen molar-refractivity contribution in [3.63, 3.8) is 0 Å². The topological polar surface area (TPSA) is 68.1 Å². The number of hydrogen-bond acceptors (Lipinski definition) is 4. The molecule has 0 spiro atoms. The van der Waals surface area contributed by atoms with Crippen LogP contribution in [-0.4, -0.2) is 15.4 Å². The second-order valence-electron chi connectivity index (χ2n) is 5.00. The zero-order chi connectivity index (χ0) is 12.8. The summed E-state index contributed by atoms with van der Waals surface area (Å²) in [6.45, 7) is 2.15. The van der Waals surface area contributed by atoms with Crippen LogP contribution in [0.2, 0.25) is 0 Å². The third-order valence-electron chi connectivity index (χ3n) is 3.43. The van der Waals surface area contributed by atoms with Gasteiger partial charge in [0, 0.05) is 35.1 Å². The normalized spacial score (nSPS) is 16.5. The summed E-state index contributed by atoms with van der Waals surface area (Å²) in [5.74, 6) is 0. The van der Waals surface area contributed by atoms with Crippen molar-refractivity contribution in [1.82, 2.24) is 4.98 Å². The zero-order valence-electron chi connectivity index (χ0n) is 10.0. The molecule has 18 heavy (non-hydrogen) atoms. The Morgan fingerprint density at radius 2 is 2.11 bits per heavy atom. The number of rotatable bonds is 3. The van der Waals surface area contributed by atoms with E-state index in [4.69, 9.17) is 0 Å². The lowest BCUT2D eigenvalue weighted by Gasteiger charge is -2.15. The minimum Gasteiger partial charge on any atom is -0.379 e. The Morgan fingerprint density at radius 1 is 1.33 bits per heavy atom. The van der Waals surface area contributed by atoms with E-state index >= 15 is 0 Å². The van der Waals surface area contributed by atoms with Crippen LogP contribution < -0.4 is 5.32 Å². The van der Waals surface area contributed by atoms with Gasteiger partial charge in [0.05, 0.1) is 10.3 Å². The van der Waals surface area contributed by atoms with Crippen LogP contribution in [0.3, 0.4) is 0 Å². The van der Waals surface area contributed by atoms with Crippen LogP contribution in [0, 0.1) is 10.1 Å². The molecule has 3 rings (SSSR count). The van der Waals surface area contributed by atoms with Gasteiger partial charge in [-0.3, -0.25) is 15.1 Å². The molecule has 0 saturated heterocycles. The molecule has 0 atom stereocenters. The van der Waals surface area contributed by atoms with Crippen molar-refractivity contribution >= 4 is 22.1 Å². The fourth-order valence-corrected chi connectivity index (χ4v) is 2.08. The van der Waals surface area contributed by atoms with E-state index in [0.29, 0.717) is 5.39 Å². The first-order chi connectivity index (χ1) is 8.59. The molecule has 1 fully saturated rings. The van der Waals surface area contributed by atoms with Crippen LogP contribution >= 0.6 is 0 Å².